The molecule has 0 amide bonds. The van der Waals surface area contributed by atoms with Crippen molar-refractivity contribution in [3.63, 3.8) is 0 Å². The third-order valence-corrected chi connectivity index (χ3v) is 8.02. The van der Waals surface area contributed by atoms with Gasteiger partial charge in [-0.15, -0.1) is 0 Å². The zero-order chi connectivity index (χ0) is 27.7. The number of allylic oxidation sites excluding steroid dienone is 1. The molecule has 0 unspecified atom stereocenters. The second kappa shape index (κ2) is 11.4. The van der Waals surface area contributed by atoms with Crippen LogP contribution in [0.5, 0.6) is 5.75 Å². The minimum absolute atomic E-state index is 0.259. The second-order valence-corrected chi connectivity index (χ2v) is 11.0. The highest BCUT2D eigenvalue weighted by atomic mass is 35.5. The van der Waals surface area contributed by atoms with E-state index in [9.17, 15) is 9.59 Å². The Labute approximate surface area is 243 Å². The van der Waals surface area contributed by atoms with Crippen molar-refractivity contribution in [1.82, 2.24) is 4.57 Å². The molecule has 198 valence electrons. The van der Waals surface area contributed by atoms with Crippen molar-refractivity contribution in [3.05, 3.63) is 129 Å². The first kappa shape index (κ1) is 27.2. The van der Waals surface area contributed by atoms with Gasteiger partial charge in [-0.25, -0.2) is 9.79 Å². The summed E-state index contributed by atoms with van der Waals surface area (Å²) in [6.45, 7) is 2.03. The summed E-state index contributed by atoms with van der Waals surface area (Å²) in [5.74, 6) is 0.113. The van der Waals surface area contributed by atoms with E-state index < -0.39 is 12.0 Å². The lowest BCUT2D eigenvalue weighted by atomic mass is 9.96. The number of thiazole rings is 1. The number of aromatic nitrogens is 1. The Morgan fingerprint density at radius 2 is 1.72 bits per heavy atom. The monoisotopic (exact) mass is 598 g/mol. The standard InChI is InChI=1S/C29H21Cl3N2O4S/c1-16-25(28(36)37-2)26(18-5-8-20(30)9-6-18)34-27(35)24(39-29(34)33-16)13-17-3-11-22(12-4-17)38-15-19-7-10-21(31)14-23(19)32/h3-14,26H,15H2,1-2H3/b24-13-/t26-/m1/s1. The molecule has 0 saturated heterocycles. The molecular weight excluding hydrogens is 579 g/mol. The number of ether oxygens (including phenoxy) is 2. The lowest BCUT2D eigenvalue weighted by Gasteiger charge is -2.24. The highest BCUT2D eigenvalue weighted by Gasteiger charge is 2.33. The van der Waals surface area contributed by atoms with Crippen LogP contribution < -0.4 is 19.6 Å². The van der Waals surface area contributed by atoms with Crippen molar-refractivity contribution in [2.75, 3.05) is 7.11 Å². The van der Waals surface area contributed by atoms with Gasteiger partial charge < -0.3 is 9.47 Å². The number of methoxy groups -OCH3 is 1. The molecule has 0 fully saturated rings. The molecule has 0 saturated carbocycles. The van der Waals surface area contributed by atoms with Gasteiger partial charge in [-0.05, 0) is 60.5 Å². The number of benzene rings is 3. The molecule has 0 N–H and O–H groups in total. The Hall–Kier alpha value is -3.36. The maximum atomic E-state index is 13.6. The van der Waals surface area contributed by atoms with E-state index in [0.29, 0.717) is 48.0 Å². The second-order valence-electron chi connectivity index (χ2n) is 8.72. The van der Waals surface area contributed by atoms with Crippen LogP contribution in [0.15, 0.2) is 87.8 Å². The number of nitrogens with zero attached hydrogens (tertiary/aromatic N) is 2. The van der Waals surface area contributed by atoms with E-state index in [1.807, 2.05) is 30.3 Å². The normalized spacial score (nSPS) is 15.1. The minimum Gasteiger partial charge on any atom is -0.489 e. The van der Waals surface area contributed by atoms with E-state index in [1.54, 1.807) is 49.4 Å². The third kappa shape index (κ3) is 5.68. The summed E-state index contributed by atoms with van der Waals surface area (Å²) >= 11 is 19.5. The fourth-order valence-electron chi connectivity index (χ4n) is 4.26. The van der Waals surface area contributed by atoms with E-state index >= 15 is 0 Å². The molecule has 6 nitrogen and oxygen atoms in total. The molecule has 1 atom stereocenters. The van der Waals surface area contributed by atoms with Crippen molar-refractivity contribution < 1.29 is 14.3 Å². The first-order valence-electron chi connectivity index (χ1n) is 11.8. The summed E-state index contributed by atoms with van der Waals surface area (Å²) in [5.41, 5.74) is 2.90. The van der Waals surface area contributed by atoms with Crippen molar-refractivity contribution in [1.29, 1.82) is 0 Å². The topological polar surface area (TPSA) is 69.9 Å². The number of rotatable bonds is 6. The first-order chi connectivity index (χ1) is 18.7. The molecule has 39 heavy (non-hydrogen) atoms. The molecule has 1 aliphatic rings. The fourth-order valence-corrected chi connectivity index (χ4v) is 5.90. The van der Waals surface area contributed by atoms with Gasteiger partial charge in [-0.2, -0.15) is 0 Å². The molecule has 3 aromatic carbocycles. The Morgan fingerprint density at radius 3 is 2.38 bits per heavy atom. The van der Waals surface area contributed by atoms with Crippen LogP contribution >= 0.6 is 46.1 Å². The smallest absolute Gasteiger partial charge is 0.338 e. The van der Waals surface area contributed by atoms with Crippen LogP contribution in [0.2, 0.25) is 15.1 Å². The average Bonchev–Trinajstić information content (AvgIpc) is 3.22. The fraction of sp³-hybridized carbons (Fsp3) is 0.138. The van der Waals surface area contributed by atoms with Crippen molar-refractivity contribution >= 4 is 58.2 Å². The molecule has 0 aliphatic carbocycles. The summed E-state index contributed by atoms with van der Waals surface area (Å²) in [7, 11) is 1.31. The predicted molar refractivity (Wildman–Crippen MR) is 154 cm³/mol. The highest BCUT2D eigenvalue weighted by Crippen LogP contribution is 2.31. The molecule has 0 spiro atoms. The molecule has 4 aromatic rings. The molecule has 1 aromatic heterocycles. The van der Waals surface area contributed by atoms with E-state index in [-0.39, 0.29) is 5.56 Å². The van der Waals surface area contributed by atoms with E-state index in [2.05, 4.69) is 4.99 Å². The average molecular weight is 600 g/mol. The van der Waals surface area contributed by atoms with Gasteiger partial charge in [0.2, 0.25) is 0 Å². The summed E-state index contributed by atoms with van der Waals surface area (Å²) in [5, 5.41) is 1.65. The Kier molecular flexibility index (Phi) is 7.96. The maximum Gasteiger partial charge on any atom is 0.338 e. The van der Waals surface area contributed by atoms with E-state index in [4.69, 9.17) is 44.3 Å². The number of fused-ring (bicyclic) bond motifs is 1. The number of carbonyl (C=O) groups is 1. The van der Waals surface area contributed by atoms with Crippen molar-refractivity contribution in [2.45, 2.75) is 19.6 Å². The summed E-state index contributed by atoms with van der Waals surface area (Å²) < 4.78 is 12.9. The lowest BCUT2D eigenvalue weighted by molar-refractivity contribution is -0.136. The molecular formula is C29H21Cl3N2O4S. The maximum absolute atomic E-state index is 13.6. The van der Waals surface area contributed by atoms with E-state index in [1.165, 1.54) is 23.0 Å². The number of carbonyl (C=O) groups excluding carboxylic acids is 1. The zero-order valence-corrected chi connectivity index (χ0v) is 23.9. The van der Waals surface area contributed by atoms with Crippen LogP contribution in [-0.4, -0.2) is 17.6 Å². The van der Waals surface area contributed by atoms with Crippen molar-refractivity contribution in [2.24, 2.45) is 4.99 Å². The van der Waals surface area contributed by atoms with Gasteiger partial charge in [0.15, 0.2) is 4.80 Å². The van der Waals surface area contributed by atoms with Crippen LogP contribution in [0.1, 0.15) is 29.7 Å². The van der Waals surface area contributed by atoms with Gasteiger partial charge in [0, 0.05) is 20.6 Å². The molecule has 1 aliphatic heterocycles. The van der Waals surface area contributed by atoms with Gasteiger partial charge in [0.05, 0.1) is 29.0 Å². The molecule has 0 bridgehead atoms. The minimum atomic E-state index is -0.691. The Balaban J connectivity index is 1.48. The summed E-state index contributed by atoms with van der Waals surface area (Å²) in [6.07, 6.45) is 1.79. The van der Waals surface area contributed by atoms with Gasteiger partial charge >= 0.3 is 5.97 Å². The van der Waals surface area contributed by atoms with Gasteiger partial charge in [-0.1, -0.05) is 76.5 Å². The van der Waals surface area contributed by atoms with Gasteiger partial charge in [0.1, 0.15) is 12.4 Å². The van der Waals surface area contributed by atoms with Crippen LogP contribution in [-0.2, 0) is 16.1 Å². The van der Waals surface area contributed by atoms with Crippen LogP contribution in [0, 0.1) is 0 Å². The number of halogens is 3. The summed E-state index contributed by atoms with van der Waals surface area (Å²) in [4.78, 5) is 31.5. The number of hydrogen-bond acceptors (Lipinski definition) is 6. The van der Waals surface area contributed by atoms with Gasteiger partial charge in [-0.3, -0.25) is 9.36 Å². The summed E-state index contributed by atoms with van der Waals surface area (Å²) in [6, 6.07) is 19.0. The molecule has 5 rings (SSSR count). The van der Waals surface area contributed by atoms with Crippen LogP contribution in [0.25, 0.3) is 6.08 Å². The largest absolute Gasteiger partial charge is 0.489 e. The Morgan fingerprint density at radius 1 is 1.03 bits per heavy atom. The molecule has 0 radical (unpaired) electrons. The molecule has 10 heteroatoms. The Bertz CT molecular complexity index is 1780. The SMILES string of the molecule is COC(=O)C1=C(C)N=c2s/c(=C\c3ccc(OCc4ccc(Cl)cc4Cl)cc3)c(=O)n2[C@@H]1c1ccc(Cl)cc1. The van der Waals surface area contributed by atoms with Crippen LogP contribution in [0.4, 0.5) is 0 Å². The van der Waals surface area contributed by atoms with Gasteiger partial charge in [0.25, 0.3) is 5.56 Å². The van der Waals surface area contributed by atoms with E-state index in [0.717, 1.165) is 16.7 Å². The molecule has 2 heterocycles. The third-order valence-electron chi connectivity index (χ3n) is 6.20. The zero-order valence-electron chi connectivity index (χ0n) is 20.8. The number of esters is 1. The quantitative estimate of drug-likeness (QED) is 0.257. The number of hydrogen-bond donors (Lipinski definition) is 0. The van der Waals surface area contributed by atoms with Crippen LogP contribution in [0.3, 0.4) is 0 Å². The first-order valence-corrected chi connectivity index (χ1v) is 13.7. The lowest BCUT2D eigenvalue weighted by Crippen LogP contribution is -2.39. The van der Waals surface area contributed by atoms with Crippen molar-refractivity contribution in [3.8, 4) is 5.75 Å². The highest BCUT2D eigenvalue weighted by molar-refractivity contribution is 7.07. The predicted octanol–water partition coefficient (Wildman–Crippen LogP) is 5.95.